The number of pyridine rings is 1. The van der Waals surface area contributed by atoms with Crippen molar-refractivity contribution in [3.05, 3.63) is 100 Å². The van der Waals surface area contributed by atoms with Crippen LogP contribution in [0.2, 0.25) is 5.02 Å². The highest BCUT2D eigenvalue weighted by Crippen LogP contribution is 2.31. The summed E-state index contributed by atoms with van der Waals surface area (Å²) in [5, 5.41) is 13.8. The molecule has 4 aromatic rings. The van der Waals surface area contributed by atoms with Gasteiger partial charge in [-0.25, -0.2) is 4.98 Å². The number of carboxylic acid groups (broad SMARTS) is 1. The molecule has 0 bridgehead atoms. The Balaban J connectivity index is 1.43. The van der Waals surface area contributed by atoms with Crippen molar-refractivity contribution in [2.24, 2.45) is 0 Å². The fourth-order valence-electron chi connectivity index (χ4n) is 5.15. The maximum atomic E-state index is 13.2. The first-order valence-electron chi connectivity index (χ1n) is 12.8. The summed E-state index contributed by atoms with van der Waals surface area (Å²) >= 11 is 6.10. The second kappa shape index (κ2) is 11.1. The Morgan fingerprint density at radius 1 is 1.00 bits per heavy atom. The molecular formula is C31H29ClN2O3. The SMILES string of the molecule is O=C(O)CCCCc1cc2cc(C(=O)N[C@@H]3CCCc4ccccc43)ccc2nc1-c1ccc(Cl)cc1. The summed E-state index contributed by atoms with van der Waals surface area (Å²) in [6.07, 6.45) is 5.22. The van der Waals surface area contributed by atoms with Crippen molar-refractivity contribution in [1.82, 2.24) is 10.3 Å². The van der Waals surface area contributed by atoms with Crippen LogP contribution >= 0.6 is 11.6 Å². The predicted octanol–water partition coefficient (Wildman–Crippen LogP) is 7.16. The zero-order valence-electron chi connectivity index (χ0n) is 20.5. The molecule has 1 aliphatic rings. The van der Waals surface area contributed by atoms with Gasteiger partial charge in [0.15, 0.2) is 0 Å². The Labute approximate surface area is 221 Å². The van der Waals surface area contributed by atoms with Crippen LogP contribution in [0.1, 0.15) is 65.2 Å². The summed E-state index contributed by atoms with van der Waals surface area (Å²) in [5.41, 5.74) is 6.77. The Bertz CT molecular complexity index is 1450. The lowest BCUT2D eigenvalue weighted by Gasteiger charge is -2.26. The Kier molecular flexibility index (Phi) is 7.52. The molecule has 3 aromatic carbocycles. The second-order valence-corrected chi connectivity index (χ2v) is 10.1. The van der Waals surface area contributed by atoms with E-state index < -0.39 is 5.97 Å². The van der Waals surface area contributed by atoms with Crippen LogP contribution in [0, 0.1) is 0 Å². The first-order chi connectivity index (χ1) is 18.0. The summed E-state index contributed by atoms with van der Waals surface area (Å²) in [6.45, 7) is 0. The maximum absolute atomic E-state index is 13.2. The number of halogens is 1. The van der Waals surface area contributed by atoms with Crippen molar-refractivity contribution in [2.45, 2.75) is 51.0 Å². The van der Waals surface area contributed by atoms with E-state index >= 15 is 0 Å². The normalized spacial score (nSPS) is 14.8. The number of carbonyl (C=O) groups excluding carboxylic acids is 1. The van der Waals surface area contributed by atoms with Crippen LogP contribution in [0.25, 0.3) is 22.2 Å². The molecule has 1 atom stereocenters. The lowest BCUT2D eigenvalue weighted by molar-refractivity contribution is -0.137. The average molecular weight is 513 g/mol. The number of nitrogens with one attached hydrogen (secondary N) is 1. The van der Waals surface area contributed by atoms with Crippen LogP contribution in [0.5, 0.6) is 0 Å². The first kappa shape index (κ1) is 25.0. The zero-order valence-corrected chi connectivity index (χ0v) is 21.3. The molecule has 5 rings (SSSR count). The molecule has 1 aromatic heterocycles. The van der Waals surface area contributed by atoms with Gasteiger partial charge in [-0.3, -0.25) is 9.59 Å². The number of carboxylic acids is 1. The third kappa shape index (κ3) is 5.83. The van der Waals surface area contributed by atoms with E-state index in [9.17, 15) is 9.59 Å². The quantitative estimate of drug-likeness (QED) is 0.245. The first-order valence-corrected chi connectivity index (χ1v) is 13.2. The molecule has 0 saturated heterocycles. The third-order valence-corrected chi connectivity index (χ3v) is 7.29. The van der Waals surface area contributed by atoms with Crippen molar-refractivity contribution in [2.75, 3.05) is 0 Å². The number of fused-ring (bicyclic) bond motifs is 2. The van der Waals surface area contributed by atoms with Crippen molar-refractivity contribution >= 4 is 34.4 Å². The largest absolute Gasteiger partial charge is 0.481 e. The minimum atomic E-state index is -0.786. The number of aliphatic carboxylic acids is 1. The van der Waals surface area contributed by atoms with Crippen LogP contribution in [0.4, 0.5) is 0 Å². The number of benzene rings is 3. The van der Waals surface area contributed by atoms with Crippen molar-refractivity contribution in [3.8, 4) is 11.3 Å². The van der Waals surface area contributed by atoms with Crippen LogP contribution in [-0.4, -0.2) is 22.0 Å². The lowest BCUT2D eigenvalue weighted by Crippen LogP contribution is -2.30. The number of hydrogen-bond donors (Lipinski definition) is 2. The van der Waals surface area contributed by atoms with Gasteiger partial charge in [0.25, 0.3) is 5.91 Å². The lowest BCUT2D eigenvalue weighted by atomic mass is 9.87. The summed E-state index contributed by atoms with van der Waals surface area (Å²) < 4.78 is 0. The van der Waals surface area contributed by atoms with Gasteiger partial charge in [0.2, 0.25) is 0 Å². The average Bonchev–Trinajstić information content (AvgIpc) is 2.91. The van der Waals surface area contributed by atoms with E-state index in [1.165, 1.54) is 11.1 Å². The van der Waals surface area contributed by atoms with Crippen LogP contribution in [-0.2, 0) is 17.6 Å². The monoisotopic (exact) mass is 512 g/mol. The molecule has 1 amide bonds. The molecule has 37 heavy (non-hydrogen) atoms. The minimum absolute atomic E-state index is 0.0170. The van der Waals surface area contributed by atoms with Gasteiger partial charge in [-0.05, 0) is 91.6 Å². The maximum Gasteiger partial charge on any atom is 0.303 e. The molecule has 6 heteroatoms. The molecule has 0 spiro atoms. The number of carbonyl (C=O) groups is 2. The van der Waals surface area contributed by atoms with Gasteiger partial charge in [-0.1, -0.05) is 48.0 Å². The van der Waals surface area contributed by atoms with Crippen molar-refractivity contribution in [1.29, 1.82) is 0 Å². The van der Waals surface area contributed by atoms with Gasteiger partial charge in [-0.2, -0.15) is 0 Å². The molecule has 0 aliphatic heterocycles. The number of unbranched alkanes of at least 4 members (excludes halogenated alkanes) is 1. The van der Waals surface area contributed by atoms with E-state index in [1.807, 2.05) is 48.5 Å². The Morgan fingerprint density at radius 3 is 2.62 bits per heavy atom. The van der Waals surface area contributed by atoms with E-state index in [2.05, 4.69) is 29.6 Å². The fraction of sp³-hybridized carbons (Fsp3) is 0.258. The van der Waals surface area contributed by atoms with Crippen molar-refractivity contribution < 1.29 is 14.7 Å². The molecule has 0 saturated carbocycles. The van der Waals surface area contributed by atoms with Gasteiger partial charge in [0.1, 0.15) is 0 Å². The van der Waals surface area contributed by atoms with Gasteiger partial charge in [0, 0.05) is 28.0 Å². The molecule has 1 aliphatic carbocycles. The predicted molar refractivity (Wildman–Crippen MR) is 147 cm³/mol. The van der Waals surface area contributed by atoms with Crippen LogP contribution in [0.15, 0.2) is 72.8 Å². The number of aryl methyl sites for hydroxylation is 2. The highest BCUT2D eigenvalue weighted by atomic mass is 35.5. The Morgan fingerprint density at radius 2 is 1.81 bits per heavy atom. The topological polar surface area (TPSA) is 79.3 Å². The number of nitrogens with zero attached hydrogens (tertiary/aromatic N) is 1. The minimum Gasteiger partial charge on any atom is -0.481 e. The second-order valence-electron chi connectivity index (χ2n) is 9.63. The fourth-order valence-corrected chi connectivity index (χ4v) is 5.27. The smallest absolute Gasteiger partial charge is 0.303 e. The molecule has 188 valence electrons. The van der Waals surface area contributed by atoms with E-state index in [0.29, 0.717) is 23.4 Å². The van der Waals surface area contributed by atoms with Crippen molar-refractivity contribution in [3.63, 3.8) is 0 Å². The van der Waals surface area contributed by atoms with E-state index in [4.69, 9.17) is 21.7 Å². The molecule has 2 N–H and O–H groups in total. The third-order valence-electron chi connectivity index (χ3n) is 7.04. The number of rotatable bonds is 8. The van der Waals surface area contributed by atoms with Gasteiger partial charge >= 0.3 is 5.97 Å². The molecule has 5 nitrogen and oxygen atoms in total. The van der Waals surface area contributed by atoms with E-state index in [-0.39, 0.29) is 18.4 Å². The summed E-state index contributed by atoms with van der Waals surface area (Å²) in [4.78, 5) is 29.1. The standard InChI is InChI=1S/C31H29ClN2O3/c32-25-15-12-21(13-16-25)30-22(7-2-4-11-29(35)36)18-24-19-23(14-17-27(24)33-30)31(37)34-28-10-5-8-20-6-1-3-9-26(20)28/h1,3,6,9,12-19,28H,2,4-5,7-8,10-11H2,(H,34,37)(H,35,36)/t28-/m1/s1. The zero-order chi connectivity index (χ0) is 25.8. The number of hydrogen-bond acceptors (Lipinski definition) is 3. The van der Waals surface area contributed by atoms with Crippen LogP contribution < -0.4 is 5.32 Å². The number of aromatic nitrogens is 1. The molecule has 0 fully saturated rings. The highest BCUT2D eigenvalue weighted by molar-refractivity contribution is 6.30. The Hall–Kier alpha value is -3.70. The van der Waals surface area contributed by atoms with E-state index in [0.717, 1.165) is 53.4 Å². The summed E-state index contributed by atoms with van der Waals surface area (Å²) in [5.74, 6) is -0.876. The summed E-state index contributed by atoms with van der Waals surface area (Å²) in [6, 6.07) is 23.6. The molecular weight excluding hydrogens is 484 g/mol. The van der Waals surface area contributed by atoms with Crippen LogP contribution in [0.3, 0.4) is 0 Å². The summed E-state index contributed by atoms with van der Waals surface area (Å²) in [7, 11) is 0. The molecule has 0 unspecified atom stereocenters. The molecule has 0 radical (unpaired) electrons. The highest BCUT2D eigenvalue weighted by Gasteiger charge is 2.22. The van der Waals surface area contributed by atoms with Gasteiger partial charge in [0.05, 0.1) is 17.3 Å². The van der Waals surface area contributed by atoms with E-state index in [1.54, 1.807) is 0 Å². The number of amides is 1. The molecule has 1 heterocycles. The van der Waals surface area contributed by atoms with Gasteiger partial charge < -0.3 is 10.4 Å². The van der Waals surface area contributed by atoms with Gasteiger partial charge in [-0.15, -0.1) is 0 Å².